The van der Waals surface area contributed by atoms with E-state index in [1.807, 2.05) is 20.8 Å². The van der Waals surface area contributed by atoms with Crippen LogP contribution in [0.5, 0.6) is 11.5 Å². The van der Waals surface area contributed by atoms with Gasteiger partial charge in [-0.25, -0.2) is 9.59 Å². The first kappa shape index (κ1) is 19.9. The summed E-state index contributed by atoms with van der Waals surface area (Å²) in [4.78, 5) is 25.5. The maximum Gasteiger partial charge on any atom is 0.410 e. The van der Waals surface area contributed by atoms with Gasteiger partial charge in [-0.3, -0.25) is 0 Å². The number of hydrogen-bond donors (Lipinski definition) is 1. The normalized spacial score (nSPS) is 15.5. The van der Waals surface area contributed by atoms with Gasteiger partial charge in [0.2, 0.25) is 0 Å². The van der Waals surface area contributed by atoms with Crippen molar-refractivity contribution in [3.63, 3.8) is 0 Å². The zero-order valence-electron chi connectivity index (χ0n) is 16.0. The average Bonchev–Trinajstić information content (AvgIpc) is 2.59. The zero-order chi connectivity index (χ0) is 19.5. The molecule has 1 amide bonds. The Morgan fingerprint density at radius 2 is 1.62 bits per heavy atom. The van der Waals surface area contributed by atoms with Crippen LogP contribution in [0.4, 0.5) is 4.79 Å². The molecule has 1 aliphatic rings. The lowest BCUT2D eigenvalue weighted by atomic mass is 9.86. The molecule has 7 nitrogen and oxygen atoms in total. The minimum atomic E-state index is -1.00. The Hall–Kier alpha value is -2.44. The number of nitrogens with zero attached hydrogens (tertiary/aromatic N) is 1. The van der Waals surface area contributed by atoms with Crippen LogP contribution in [0.2, 0.25) is 0 Å². The molecule has 7 heteroatoms. The fourth-order valence-corrected chi connectivity index (χ4v) is 3.12. The van der Waals surface area contributed by atoms with Gasteiger partial charge in [-0.1, -0.05) is 0 Å². The predicted octanol–water partition coefficient (Wildman–Crippen LogP) is 3.52. The van der Waals surface area contributed by atoms with Crippen molar-refractivity contribution >= 4 is 12.1 Å². The van der Waals surface area contributed by atoms with Gasteiger partial charge < -0.3 is 24.2 Å². The summed E-state index contributed by atoms with van der Waals surface area (Å²) in [6.07, 6.45) is 0.992. The highest BCUT2D eigenvalue weighted by atomic mass is 16.6. The van der Waals surface area contributed by atoms with Gasteiger partial charge in [-0.2, -0.15) is 0 Å². The first-order valence-corrected chi connectivity index (χ1v) is 8.63. The summed E-state index contributed by atoms with van der Waals surface area (Å²) in [5.74, 6) is -0.0861. The number of likely N-dealkylation sites (tertiary alicyclic amines) is 1. The van der Waals surface area contributed by atoms with Gasteiger partial charge in [0, 0.05) is 13.1 Å². The smallest absolute Gasteiger partial charge is 0.410 e. The van der Waals surface area contributed by atoms with Crippen LogP contribution in [0, 0.1) is 0 Å². The quantitative estimate of drug-likeness (QED) is 0.879. The highest BCUT2D eigenvalue weighted by molar-refractivity contribution is 5.90. The van der Waals surface area contributed by atoms with Gasteiger partial charge in [-0.15, -0.1) is 0 Å². The summed E-state index contributed by atoms with van der Waals surface area (Å²) in [5, 5.41) is 9.57. The van der Waals surface area contributed by atoms with E-state index in [4.69, 9.17) is 14.2 Å². The first-order chi connectivity index (χ1) is 12.2. The molecule has 1 N–H and O–H groups in total. The molecule has 144 valence electrons. The second-order valence-electron chi connectivity index (χ2n) is 7.34. The van der Waals surface area contributed by atoms with Gasteiger partial charge in [0.15, 0.2) is 11.5 Å². The van der Waals surface area contributed by atoms with E-state index in [0.29, 0.717) is 43.0 Å². The Kier molecular flexibility index (Phi) is 6.00. The van der Waals surface area contributed by atoms with E-state index in [-0.39, 0.29) is 17.6 Å². The van der Waals surface area contributed by atoms with Crippen LogP contribution < -0.4 is 9.47 Å². The maximum absolute atomic E-state index is 12.2. The van der Waals surface area contributed by atoms with Crippen molar-refractivity contribution < 1.29 is 28.9 Å². The van der Waals surface area contributed by atoms with Gasteiger partial charge in [0.05, 0.1) is 19.8 Å². The van der Waals surface area contributed by atoms with Crippen molar-refractivity contribution in [3.05, 3.63) is 23.3 Å². The van der Waals surface area contributed by atoms with E-state index in [9.17, 15) is 14.7 Å². The van der Waals surface area contributed by atoms with Crippen LogP contribution in [-0.4, -0.2) is 55.0 Å². The summed E-state index contributed by atoms with van der Waals surface area (Å²) in [6.45, 7) is 6.54. The highest BCUT2D eigenvalue weighted by Gasteiger charge is 2.30. The van der Waals surface area contributed by atoms with Gasteiger partial charge in [0.25, 0.3) is 0 Å². The Balaban J connectivity index is 2.18. The number of carboxylic acid groups (broad SMARTS) is 1. The molecule has 0 aromatic heterocycles. The number of rotatable bonds is 4. The zero-order valence-corrected chi connectivity index (χ0v) is 16.0. The molecular weight excluding hydrogens is 338 g/mol. The molecule has 0 atom stereocenters. The molecule has 1 aliphatic heterocycles. The number of ether oxygens (including phenoxy) is 3. The van der Waals surface area contributed by atoms with Gasteiger partial charge >= 0.3 is 12.1 Å². The van der Waals surface area contributed by atoms with Crippen molar-refractivity contribution in [1.29, 1.82) is 0 Å². The van der Waals surface area contributed by atoms with Crippen LogP contribution in [0.3, 0.4) is 0 Å². The number of carbonyl (C=O) groups is 2. The molecule has 1 heterocycles. The Morgan fingerprint density at radius 1 is 1.08 bits per heavy atom. The van der Waals surface area contributed by atoms with Crippen LogP contribution in [-0.2, 0) is 4.74 Å². The van der Waals surface area contributed by atoms with Crippen molar-refractivity contribution in [1.82, 2.24) is 4.90 Å². The third-order valence-corrected chi connectivity index (χ3v) is 4.37. The van der Waals surface area contributed by atoms with Crippen molar-refractivity contribution in [2.75, 3.05) is 27.3 Å². The molecule has 1 aromatic carbocycles. The number of hydrogen-bond acceptors (Lipinski definition) is 5. The second-order valence-corrected chi connectivity index (χ2v) is 7.34. The lowest BCUT2D eigenvalue weighted by molar-refractivity contribution is 0.0203. The monoisotopic (exact) mass is 365 g/mol. The van der Waals surface area contributed by atoms with E-state index in [1.165, 1.54) is 20.3 Å². The summed E-state index contributed by atoms with van der Waals surface area (Å²) < 4.78 is 15.9. The summed E-state index contributed by atoms with van der Waals surface area (Å²) in [6, 6.07) is 3.23. The predicted molar refractivity (Wildman–Crippen MR) is 96.3 cm³/mol. The van der Waals surface area contributed by atoms with E-state index in [2.05, 4.69) is 0 Å². The highest BCUT2D eigenvalue weighted by Crippen LogP contribution is 2.38. The van der Waals surface area contributed by atoms with Gasteiger partial charge in [0.1, 0.15) is 5.60 Å². The largest absolute Gasteiger partial charge is 0.493 e. The molecule has 0 unspecified atom stereocenters. The Morgan fingerprint density at radius 3 is 2.08 bits per heavy atom. The summed E-state index contributed by atoms with van der Waals surface area (Å²) in [7, 11) is 3.00. The lowest BCUT2D eigenvalue weighted by Gasteiger charge is -2.34. The topological polar surface area (TPSA) is 85.3 Å². The molecule has 2 rings (SSSR count). The number of benzene rings is 1. The molecule has 1 aromatic rings. The minimum absolute atomic E-state index is 0.0274. The molecule has 0 bridgehead atoms. The SMILES string of the molecule is COc1cc(C(=O)O)c(C2CCN(C(=O)OC(C)(C)C)CC2)cc1OC. The molecule has 0 spiro atoms. The number of carbonyl (C=O) groups excluding carboxylic acids is 1. The fraction of sp³-hybridized carbons (Fsp3) is 0.579. The number of piperidine rings is 1. The molecule has 0 saturated carbocycles. The van der Waals surface area contributed by atoms with Crippen LogP contribution in [0.15, 0.2) is 12.1 Å². The number of methoxy groups -OCH3 is 2. The summed E-state index contributed by atoms with van der Waals surface area (Å²) in [5.41, 5.74) is 0.380. The molecular formula is C19H27NO6. The van der Waals surface area contributed by atoms with Gasteiger partial charge in [-0.05, 0) is 57.2 Å². The summed E-state index contributed by atoms with van der Waals surface area (Å²) >= 11 is 0. The molecule has 1 fully saturated rings. The van der Waals surface area contributed by atoms with Crippen molar-refractivity contribution in [2.45, 2.75) is 45.1 Å². The van der Waals surface area contributed by atoms with E-state index in [0.717, 1.165) is 0 Å². The molecule has 0 radical (unpaired) electrons. The minimum Gasteiger partial charge on any atom is -0.493 e. The first-order valence-electron chi connectivity index (χ1n) is 8.63. The third-order valence-electron chi connectivity index (χ3n) is 4.37. The van der Waals surface area contributed by atoms with E-state index < -0.39 is 11.6 Å². The van der Waals surface area contributed by atoms with E-state index >= 15 is 0 Å². The Labute approximate surface area is 153 Å². The second kappa shape index (κ2) is 7.85. The van der Waals surface area contributed by atoms with Crippen molar-refractivity contribution in [2.24, 2.45) is 0 Å². The molecule has 0 aliphatic carbocycles. The number of amides is 1. The Bertz CT molecular complexity index is 671. The average molecular weight is 365 g/mol. The number of aromatic carboxylic acids is 1. The van der Waals surface area contributed by atoms with Crippen LogP contribution in [0.1, 0.15) is 55.5 Å². The lowest BCUT2D eigenvalue weighted by Crippen LogP contribution is -2.41. The standard InChI is InChI=1S/C19H27NO6/c1-19(2,3)26-18(23)20-8-6-12(7-9-20)13-10-15(24-4)16(25-5)11-14(13)17(21)22/h10-12H,6-9H2,1-5H3,(H,21,22). The molecule has 1 saturated heterocycles. The van der Waals surface area contributed by atoms with Crippen molar-refractivity contribution in [3.8, 4) is 11.5 Å². The van der Waals surface area contributed by atoms with Crippen LogP contribution >= 0.6 is 0 Å². The van der Waals surface area contributed by atoms with Crippen LogP contribution in [0.25, 0.3) is 0 Å². The fourth-order valence-electron chi connectivity index (χ4n) is 3.12. The number of carboxylic acids is 1. The third kappa shape index (κ3) is 4.59. The maximum atomic E-state index is 12.2. The molecule has 26 heavy (non-hydrogen) atoms. The van der Waals surface area contributed by atoms with E-state index in [1.54, 1.807) is 11.0 Å².